The molecule has 2 atom stereocenters. The Hall–Kier alpha value is -2.37. The Morgan fingerprint density at radius 3 is 2.95 bits per heavy atom. The van der Waals surface area contributed by atoms with E-state index in [1.165, 1.54) is 0 Å². The number of para-hydroxylation sites is 1. The van der Waals surface area contributed by atoms with Crippen molar-refractivity contribution in [2.75, 3.05) is 0 Å². The topological polar surface area (TPSA) is 84.2 Å². The summed E-state index contributed by atoms with van der Waals surface area (Å²) in [7, 11) is 0. The number of rotatable bonds is 4. The number of carbonyl (C=O) groups is 2. The van der Waals surface area contributed by atoms with Crippen molar-refractivity contribution < 1.29 is 14.7 Å². The van der Waals surface area contributed by atoms with Crippen LogP contribution in [0.15, 0.2) is 30.5 Å². The van der Waals surface area contributed by atoms with Gasteiger partial charge in [0, 0.05) is 11.4 Å². The molecule has 0 aliphatic heterocycles. The van der Waals surface area contributed by atoms with Crippen molar-refractivity contribution in [3.63, 3.8) is 0 Å². The van der Waals surface area contributed by atoms with Gasteiger partial charge < -0.3 is 10.4 Å². The van der Waals surface area contributed by atoms with Crippen LogP contribution in [0.2, 0.25) is 0 Å². The maximum absolute atomic E-state index is 12.1. The van der Waals surface area contributed by atoms with Crippen LogP contribution < -0.4 is 5.32 Å². The normalized spacial score (nSPS) is 21.5. The first-order chi connectivity index (χ1) is 10.1. The summed E-state index contributed by atoms with van der Waals surface area (Å²) in [4.78, 5) is 23.2. The highest BCUT2D eigenvalue weighted by Gasteiger charge is 2.33. The summed E-state index contributed by atoms with van der Waals surface area (Å²) in [6.07, 6.45) is 3.92. The molecule has 1 aliphatic carbocycles. The fourth-order valence-electron chi connectivity index (χ4n) is 2.97. The lowest BCUT2D eigenvalue weighted by Gasteiger charge is -2.17. The van der Waals surface area contributed by atoms with Gasteiger partial charge in [0.25, 0.3) is 0 Å². The van der Waals surface area contributed by atoms with Crippen LogP contribution in [-0.4, -0.2) is 32.8 Å². The summed E-state index contributed by atoms with van der Waals surface area (Å²) in [6, 6.07) is 7.40. The Morgan fingerprint density at radius 2 is 2.14 bits per heavy atom. The Balaban J connectivity index is 1.68. The van der Waals surface area contributed by atoms with Gasteiger partial charge in [0.2, 0.25) is 5.91 Å². The van der Waals surface area contributed by atoms with Crippen molar-refractivity contribution in [2.24, 2.45) is 5.92 Å². The number of carboxylic acids is 1. The van der Waals surface area contributed by atoms with Gasteiger partial charge in [-0.05, 0) is 18.9 Å². The Morgan fingerprint density at radius 1 is 1.33 bits per heavy atom. The molecular formula is C15H17N3O3. The van der Waals surface area contributed by atoms with Crippen molar-refractivity contribution in [1.82, 2.24) is 15.1 Å². The molecule has 2 N–H and O–H groups in total. The molecule has 1 saturated carbocycles. The van der Waals surface area contributed by atoms with Gasteiger partial charge in [0.15, 0.2) is 0 Å². The molecule has 1 aromatic carbocycles. The van der Waals surface area contributed by atoms with E-state index in [1.54, 1.807) is 10.9 Å². The molecule has 2 aromatic rings. The SMILES string of the molecule is O=C(Cn1ncc2ccccc21)N[C@H]1CCC[C@H]1C(=O)O. The third kappa shape index (κ3) is 2.74. The lowest BCUT2D eigenvalue weighted by Crippen LogP contribution is -2.41. The predicted octanol–water partition coefficient (Wildman–Crippen LogP) is 1.41. The van der Waals surface area contributed by atoms with Gasteiger partial charge in [-0.3, -0.25) is 14.3 Å². The first-order valence-corrected chi connectivity index (χ1v) is 7.08. The number of nitrogens with zero attached hydrogens (tertiary/aromatic N) is 2. The summed E-state index contributed by atoms with van der Waals surface area (Å²) in [5.41, 5.74) is 0.897. The largest absolute Gasteiger partial charge is 0.481 e. The van der Waals surface area contributed by atoms with E-state index in [9.17, 15) is 9.59 Å². The summed E-state index contributed by atoms with van der Waals surface area (Å²) < 4.78 is 1.63. The maximum atomic E-state index is 12.1. The van der Waals surface area contributed by atoms with Gasteiger partial charge in [-0.25, -0.2) is 0 Å². The van der Waals surface area contributed by atoms with Crippen molar-refractivity contribution in [3.05, 3.63) is 30.5 Å². The van der Waals surface area contributed by atoms with E-state index in [-0.39, 0.29) is 18.5 Å². The quantitative estimate of drug-likeness (QED) is 0.890. The summed E-state index contributed by atoms with van der Waals surface area (Å²) in [5, 5.41) is 17.1. The maximum Gasteiger partial charge on any atom is 0.308 e. The molecular weight excluding hydrogens is 270 g/mol. The summed E-state index contributed by atoms with van der Waals surface area (Å²) in [5.74, 6) is -1.49. The monoisotopic (exact) mass is 287 g/mol. The van der Waals surface area contributed by atoms with E-state index in [0.717, 1.165) is 23.7 Å². The molecule has 0 unspecified atom stereocenters. The van der Waals surface area contributed by atoms with Crippen LogP contribution in [0.5, 0.6) is 0 Å². The van der Waals surface area contributed by atoms with Gasteiger partial charge >= 0.3 is 5.97 Å². The Bertz CT molecular complexity index is 680. The fourth-order valence-corrected chi connectivity index (χ4v) is 2.97. The van der Waals surface area contributed by atoms with Crippen LogP contribution in [-0.2, 0) is 16.1 Å². The number of carbonyl (C=O) groups excluding carboxylic acids is 1. The van der Waals surface area contributed by atoms with Crippen LogP contribution in [0.1, 0.15) is 19.3 Å². The van der Waals surface area contributed by atoms with Gasteiger partial charge in [-0.15, -0.1) is 0 Å². The van der Waals surface area contributed by atoms with Crippen LogP contribution in [0.4, 0.5) is 0 Å². The molecule has 0 radical (unpaired) electrons. The first kappa shape index (κ1) is 13.6. The highest BCUT2D eigenvalue weighted by atomic mass is 16.4. The molecule has 1 heterocycles. The van der Waals surface area contributed by atoms with Crippen molar-refractivity contribution in [3.8, 4) is 0 Å². The van der Waals surface area contributed by atoms with Gasteiger partial charge in [0.05, 0.1) is 17.6 Å². The first-order valence-electron chi connectivity index (χ1n) is 7.08. The molecule has 1 fully saturated rings. The lowest BCUT2D eigenvalue weighted by atomic mass is 10.0. The van der Waals surface area contributed by atoms with E-state index in [1.807, 2.05) is 24.3 Å². The van der Waals surface area contributed by atoms with Gasteiger partial charge in [0.1, 0.15) is 6.54 Å². The number of carboxylic acid groups (broad SMARTS) is 1. The molecule has 0 spiro atoms. The average Bonchev–Trinajstić information content (AvgIpc) is 3.06. The molecule has 1 aliphatic rings. The lowest BCUT2D eigenvalue weighted by molar-refractivity contribution is -0.142. The smallest absolute Gasteiger partial charge is 0.308 e. The highest BCUT2D eigenvalue weighted by molar-refractivity contribution is 5.82. The predicted molar refractivity (Wildman–Crippen MR) is 76.6 cm³/mol. The number of hydrogen-bond donors (Lipinski definition) is 2. The average molecular weight is 287 g/mol. The highest BCUT2D eigenvalue weighted by Crippen LogP contribution is 2.25. The Kier molecular flexibility index (Phi) is 3.60. The van der Waals surface area contributed by atoms with Crippen molar-refractivity contribution in [2.45, 2.75) is 31.8 Å². The zero-order valence-electron chi connectivity index (χ0n) is 11.5. The number of amides is 1. The fraction of sp³-hybridized carbons (Fsp3) is 0.400. The second-order valence-electron chi connectivity index (χ2n) is 5.41. The minimum absolute atomic E-state index is 0.107. The van der Waals surface area contributed by atoms with Gasteiger partial charge in [-0.2, -0.15) is 5.10 Å². The standard InChI is InChI=1S/C15H17N3O3/c19-14(17-12-6-3-5-11(12)15(20)21)9-18-13-7-2-1-4-10(13)8-16-18/h1-2,4,7-8,11-12H,3,5-6,9H2,(H,17,19)(H,20,21)/t11-,12+/m1/s1. The van der Waals surface area contributed by atoms with E-state index in [0.29, 0.717) is 6.42 Å². The van der Waals surface area contributed by atoms with Crippen LogP contribution in [0.3, 0.4) is 0 Å². The molecule has 6 heteroatoms. The molecule has 3 rings (SSSR count). The minimum atomic E-state index is -0.831. The van der Waals surface area contributed by atoms with Crippen LogP contribution in [0, 0.1) is 5.92 Å². The van der Waals surface area contributed by atoms with E-state index in [4.69, 9.17) is 5.11 Å². The molecule has 1 amide bonds. The molecule has 1 aromatic heterocycles. The second-order valence-corrected chi connectivity index (χ2v) is 5.41. The number of benzene rings is 1. The zero-order valence-corrected chi connectivity index (χ0v) is 11.5. The number of fused-ring (bicyclic) bond motifs is 1. The molecule has 6 nitrogen and oxygen atoms in total. The Labute approximate surface area is 121 Å². The van der Waals surface area contributed by atoms with Gasteiger partial charge in [-0.1, -0.05) is 24.6 Å². The van der Waals surface area contributed by atoms with E-state index < -0.39 is 11.9 Å². The minimum Gasteiger partial charge on any atom is -0.481 e. The zero-order chi connectivity index (χ0) is 14.8. The number of nitrogens with one attached hydrogen (secondary N) is 1. The van der Waals surface area contributed by atoms with Crippen molar-refractivity contribution in [1.29, 1.82) is 0 Å². The third-order valence-electron chi connectivity index (χ3n) is 4.02. The number of aromatic nitrogens is 2. The number of hydrogen-bond acceptors (Lipinski definition) is 3. The number of aliphatic carboxylic acids is 1. The molecule has 110 valence electrons. The molecule has 0 saturated heterocycles. The van der Waals surface area contributed by atoms with Crippen LogP contribution >= 0.6 is 0 Å². The van der Waals surface area contributed by atoms with E-state index in [2.05, 4.69) is 10.4 Å². The third-order valence-corrected chi connectivity index (χ3v) is 4.02. The van der Waals surface area contributed by atoms with Crippen molar-refractivity contribution >= 4 is 22.8 Å². The molecule has 0 bridgehead atoms. The summed E-state index contributed by atoms with van der Waals surface area (Å²) >= 11 is 0. The van der Waals surface area contributed by atoms with E-state index >= 15 is 0 Å². The van der Waals surface area contributed by atoms with Crippen LogP contribution in [0.25, 0.3) is 10.9 Å². The summed E-state index contributed by atoms with van der Waals surface area (Å²) in [6.45, 7) is 0.107. The molecule has 21 heavy (non-hydrogen) atoms. The second kappa shape index (κ2) is 5.55.